The molecule has 2 aromatic carbocycles. The predicted octanol–water partition coefficient (Wildman–Crippen LogP) is 5.48. The minimum absolute atomic E-state index is 0.0521. The van der Waals surface area contributed by atoms with Gasteiger partial charge in [-0.25, -0.2) is 4.98 Å². The Balaban J connectivity index is 1.55. The molecule has 5 nitrogen and oxygen atoms in total. The van der Waals surface area contributed by atoms with Crippen molar-refractivity contribution in [1.82, 2.24) is 4.98 Å². The van der Waals surface area contributed by atoms with Crippen LogP contribution in [-0.2, 0) is 4.79 Å². The van der Waals surface area contributed by atoms with Crippen molar-refractivity contribution in [3.63, 3.8) is 0 Å². The third-order valence-electron chi connectivity index (χ3n) is 3.79. The summed E-state index contributed by atoms with van der Waals surface area (Å²) in [7, 11) is 3.20. The van der Waals surface area contributed by atoms with Crippen molar-refractivity contribution in [3.8, 4) is 11.5 Å². The number of hydrogen-bond donors (Lipinski definition) is 1. The first kappa shape index (κ1) is 19.8. The minimum atomic E-state index is -0.0521. The maximum Gasteiger partial charge on any atom is 0.226 e. The monoisotopic (exact) mass is 422 g/mol. The van der Waals surface area contributed by atoms with Crippen LogP contribution in [0.1, 0.15) is 12.8 Å². The van der Waals surface area contributed by atoms with Crippen LogP contribution in [0.25, 0.3) is 10.2 Å². The third-order valence-corrected chi connectivity index (χ3v) is 6.12. The fourth-order valence-electron chi connectivity index (χ4n) is 2.47. The summed E-state index contributed by atoms with van der Waals surface area (Å²) in [5.41, 5.74) is 0.690. The quantitative estimate of drug-likeness (QED) is 0.385. The van der Waals surface area contributed by atoms with Crippen molar-refractivity contribution < 1.29 is 14.3 Å². The van der Waals surface area contributed by atoms with Crippen molar-refractivity contribution in [2.45, 2.75) is 17.7 Å². The predicted molar refractivity (Wildman–Crippen MR) is 113 cm³/mol. The van der Waals surface area contributed by atoms with E-state index < -0.39 is 0 Å². The summed E-state index contributed by atoms with van der Waals surface area (Å²) in [6.45, 7) is 0. The number of halogens is 1. The first-order valence-corrected chi connectivity index (χ1v) is 10.5. The summed E-state index contributed by atoms with van der Waals surface area (Å²) in [4.78, 5) is 17.8. The highest BCUT2D eigenvalue weighted by atomic mass is 35.5. The van der Waals surface area contributed by atoms with E-state index in [-0.39, 0.29) is 5.91 Å². The number of ether oxygens (including phenoxy) is 2. The molecule has 0 aliphatic heterocycles. The molecule has 0 aliphatic rings. The average molecular weight is 423 g/mol. The summed E-state index contributed by atoms with van der Waals surface area (Å²) in [6.07, 6.45) is 1.21. The van der Waals surface area contributed by atoms with Gasteiger partial charge in [0, 0.05) is 16.3 Å². The van der Waals surface area contributed by atoms with Crippen molar-refractivity contribution >= 4 is 56.0 Å². The minimum Gasteiger partial charge on any atom is -0.495 e. The van der Waals surface area contributed by atoms with Gasteiger partial charge in [-0.1, -0.05) is 22.9 Å². The van der Waals surface area contributed by atoms with Crippen molar-refractivity contribution in [3.05, 3.63) is 41.4 Å². The molecule has 27 heavy (non-hydrogen) atoms. The van der Waals surface area contributed by atoms with Crippen LogP contribution in [0.5, 0.6) is 11.5 Å². The zero-order valence-corrected chi connectivity index (χ0v) is 17.3. The zero-order chi connectivity index (χ0) is 19.2. The van der Waals surface area contributed by atoms with E-state index in [9.17, 15) is 4.79 Å². The summed E-state index contributed by atoms with van der Waals surface area (Å²) in [6, 6.07) is 11.3. The normalized spacial score (nSPS) is 10.8. The first-order chi connectivity index (χ1) is 13.1. The molecule has 1 N–H and O–H groups in total. The molecule has 3 rings (SSSR count). The van der Waals surface area contributed by atoms with Gasteiger partial charge in [-0.3, -0.25) is 4.79 Å². The molecule has 0 saturated carbocycles. The van der Waals surface area contributed by atoms with E-state index in [0.29, 0.717) is 28.6 Å². The number of fused-ring (bicyclic) bond motifs is 1. The number of methoxy groups -OCH3 is 2. The maximum absolute atomic E-state index is 12.2. The molecule has 0 radical (unpaired) electrons. The molecule has 0 saturated heterocycles. The van der Waals surface area contributed by atoms with Crippen molar-refractivity contribution in [1.29, 1.82) is 0 Å². The number of rotatable bonds is 8. The number of thiazole rings is 1. The van der Waals surface area contributed by atoms with Gasteiger partial charge in [-0.15, -0.1) is 11.8 Å². The lowest BCUT2D eigenvalue weighted by Crippen LogP contribution is -2.11. The highest BCUT2D eigenvalue weighted by molar-refractivity contribution is 7.99. The van der Waals surface area contributed by atoms with Crippen LogP contribution in [0.3, 0.4) is 0 Å². The molecule has 1 amide bonds. The van der Waals surface area contributed by atoms with E-state index in [0.717, 1.165) is 26.8 Å². The van der Waals surface area contributed by atoms with Gasteiger partial charge < -0.3 is 14.8 Å². The largest absolute Gasteiger partial charge is 0.495 e. The molecular formula is C19H19ClN2O3S2. The number of carbonyl (C=O) groups is 1. The second-order valence-corrected chi connectivity index (χ2v) is 8.22. The lowest BCUT2D eigenvalue weighted by molar-refractivity contribution is -0.116. The topological polar surface area (TPSA) is 60.5 Å². The van der Waals surface area contributed by atoms with Gasteiger partial charge in [0.2, 0.25) is 5.91 Å². The molecule has 1 aromatic heterocycles. The Hall–Kier alpha value is -1.96. The molecule has 0 spiro atoms. The van der Waals surface area contributed by atoms with Crippen molar-refractivity contribution in [2.24, 2.45) is 0 Å². The maximum atomic E-state index is 12.2. The smallest absolute Gasteiger partial charge is 0.226 e. The van der Waals surface area contributed by atoms with Gasteiger partial charge in [0.1, 0.15) is 21.7 Å². The van der Waals surface area contributed by atoms with Crippen LogP contribution >= 0.6 is 34.7 Å². The Bertz CT molecular complexity index is 888. The van der Waals surface area contributed by atoms with Gasteiger partial charge in [-0.2, -0.15) is 0 Å². The highest BCUT2D eigenvalue weighted by Gasteiger charge is 2.15. The third kappa shape index (κ3) is 5.06. The van der Waals surface area contributed by atoms with E-state index >= 15 is 0 Å². The summed E-state index contributed by atoms with van der Waals surface area (Å²) >= 11 is 8.96. The molecule has 0 atom stereocenters. The van der Waals surface area contributed by atoms with Gasteiger partial charge >= 0.3 is 0 Å². The van der Waals surface area contributed by atoms with Gasteiger partial charge in [0.25, 0.3) is 0 Å². The number of thioether (sulfide) groups is 1. The number of carbonyl (C=O) groups excluding carboxylic acids is 1. The fourth-order valence-corrected chi connectivity index (χ4v) is 4.44. The van der Waals surface area contributed by atoms with E-state index in [1.807, 2.05) is 30.3 Å². The lowest BCUT2D eigenvalue weighted by atomic mass is 10.3. The summed E-state index contributed by atoms with van der Waals surface area (Å²) < 4.78 is 11.6. The molecule has 3 aromatic rings. The summed E-state index contributed by atoms with van der Waals surface area (Å²) in [5, 5.41) is 4.14. The number of nitrogens with zero attached hydrogens (tertiary/aromatic N) is 1. The average Bonchev–Trinajstić information content (AvgIpc) is 3.09. The Morgan fingerprint density at radius 2 is 1.85 bits per heavy atom. The van der Waals surface area contributed by atoms with E-state index in [1.165, 1.54) is 11.3 Å². The Kier molecular flexibility index (Phi) is 6.82. The SMILES string of the molecule is COc1ccc(OC)c2sc(NC(=O)CCCSc3ccc(Cl)cc3)nc12. The number of aromatic nitrogens is 1. The molecule has 0 aliphatic carbocycles. The number of hydrogen-bond acceptors (Lipinski definition) is 6. The molecule has 1 heterocycles. The first-order valence-electron chi connectivity index (χ1n) is 8.30. The van der Waals surface area contributed by atoms with Crippen LogP contribution in [0.2, 0.25) is 5.02 Å². The Labute approximate surface area is 171 Å². The van der Waals surface area contributed by atoms with Gasteiger partial charge in [0.05, 0.1) is 14.2 Å². The number of amides is 1. The van der Waals surface area contributed by atoms with E-state index in [1.54, 1.807) is 32.0 Å². The second kappa shape index (κ2) is 9.30. The molecule has 8 heteroatoms. The molecule has 0 bridgehead atoms. The van der Waals surface area contributed by atoms with Crippen LogP contribution in [-0.4, -0.2) is 30.9 Å². The molecule has 142 valence electrons. The molecule has 0 unspecified atom stereocenters. The Morgan fingerprint density at radius 1 is 1.15 bits per heavy atom. The van der Waals surface area contributed by atoms with Gasteiger partial charge in [-0.05, 0) is 48.6 Å². The van der Waals surface area contributed by atoms with Crippen LogP contribution in [0.15, 0.2) is 41.3 Å². The molecule has 0 fully saturated rings. The van der Waals surface area contributed by atoms with Crippen LogP contribution < -0.4 is 14.8 Å². The van der Waals surface area contributed by atoms with Crippen molar-refractivity contribution in [2.75, 3.05) is 25.3 Å². The number of nitrogens with one attached hydrogen (secondary N) is 1. The lowest BCUT2D eigenvalue weighted by Gasteiger charge is -2.03. The highest BCUT2D eigenvalue weighted by Crippen LogP contribution is 2.38. The van der Waals surface area contributed by atoms with Crippen LogP contribution in [0, 0.1) is 0 Å². The summed E-state index contributed by atoms with van der Waals surface area (Å²) in [5.74, 6) is 2.17. The van der Waals surface area contributed by atoms with E-state index in [2.05, 4.69) is 10.3 Å². The molecular weight excluding hydrogens is 404 g/mol. The van der Waals surface area contributed by atoms with Gasteiger partial charge in [0.15, 0.2) is 5.13 Å². The number of benzene rings is 2. The zero-order valence-electron chi connectivity index (χ0n) is 15.0. The van der Waals surface area contributed by atoms with Crippen LogP contribution in [0.4, 0.5) is 5.13 Å². The fraction of sp³-hybridized carbons (Fsp3) is 0.263. The second-order valence-electron chi connectivity index (χ2n) is 5.62. The Morgan fingerprint density at radius 3 is 2.56 bits per heavy atom. The standard InChI is InChI=1S/C19H19ClN2O3S2/c1-24-14-9-10-15(25-2)18-17(14)22-19(27-18)21-16(23)4-3-11-26-13-7-5-12(20)6-8-13/h5-10H,3-4,11H2,1-2H3,(H,21,22,23). The van der Waals surface area contributed by atoms with E-state index in [4.69, 9.17) is 21.1 Å². The number of anilines is 1.